The summed E-state index contributed by atoms with van der Waals surface area (Å²) >= 11 is 3.53. The molecular formula is C16H13BrN2O3. The third-order valence-electron chi connectivity index (χ3n) is 3.47. The molecule has 1 aromatic heterocycles. The quantitative estimate of drug-likeness (QED) is 0.621. The van der Waals surface area contributed by atoms with Gasteiger partial charge in [0.15, 0.2) is 0 Å². The van der Waals surface area contributed by atoms with Crippen LogP contribution in [0, 0.1) is 0 Å². The summed E-state index contributed by atoms with van der Waals surface area (Å²) < 4.78 is 6.39. The second-order valence-corrected chi connectivity index (χ2v) is 5.62. The zero-order valence-corrected chi connectivity index (χ0v) is 13.5. The van der Waals surface area contributed by atoms with Gasteiger partial charge < -0.3 is 9.57 Å². The van der Waals surface area contributed by atoms with Crippen molar-refractivity contribution in [3.05, 3.63) is 57.8 Å². The fourth-order valence-corrected chi connectivity index (χ4v) is 2.95. The number of hydrogen-bond acceptors (Lipinski definition) is 5. The molecule has 3 rings (SSSR count). The number of oxime groups is 1. The van der Waals surface area contributed by atoms with E-state index in [1.165, 1.54) is 6.20 Å². The zero-order valence-electron chi connectivity index (χ0n) is 11.9. The summed E-state index contributed by atoms with van der Waals surface area (Å²) in [5.74, 6) is 0.204. The van der Waals surface area contributed by atoms with Gasteiger partial charge in [-0.05, 0) is 42.7 Å². The Morgan fingerprint density at radius 2 is 2.18 bits per heavy atom. The van der Waals surface area contributed by atoms with E-state index < -0.39 is 5.97 Å². The van der Waals surface area contributed by atoms with E-state index in [1.807, 2.05) is 12.1 Å². The molecule has 1 aliphatic rings. The van der Waals surface area contributed by atoms with Crippen LogP contribution in [0.1, 0.15) is 27.9 Å². The Bertz CT molecular complexity index is 745. The minimum Gasteiger partial charge on any atom is -0.496 e. The molecule has 0 atom stereocenters. The predicted molar refractivity (Wildman–Crippen MR) is 85.2 cm³/mol. The monoisotopic (exact) mass is 360 g/mol. The number of nitrogens with zero attached hydrogens (tertiary/aromatic N) is 2. The van der Waals surface area contributed by atoms with E-state index in [0.717, 1.165) is 27.8 Å². The Morgan fingerprint density at radius 3 is 2.91 bits per heavy atom. The van der Waals surface area contributed by atoms with Crippen LogP contribution >= 0.6 is 15.9 Å². The van der Waals surface area contributed by atoms with Crippen LogP contribution in [0.4, 0.5) is 0 Å². The standard InChI is InChI=1S/C16H13BrN2O3/c1-21-14-7-5-12(17)11-4-6-13(15(11)14)19-22-16(20)10-3-2-8-18-9-10/h2-3,5,7-9H,4,6H2,1H3/b19-13-. The van der Waals surface area contributed by atoms with Gasteiger partial charge in [0.25, 0.3) is 0 Å². The number of carbonyl (C=O) groups is 1. The first-order valence-electron chi connectivity index (χ1n) is 6.74. The SMILES string of the molecule is COc1ccc(Br)c2c1/C(=N\OC(=O)c1cccnc1)CC2. The van der Waals surface area contributed by atoms with Gasteiger partial charge in [-0.1, -0.05) is 21.1 Å². The summed E-state index contributed by atoms with van der Waals surface area (Å²) in [6.45, 7) is 0. The maximum Gasteiger partial charge on any atom is 0.367 e. The van der Waals surface area contributed by atoms with E-state index in [4.69, 9.17) is 9.57 Å². The Labute approximate surface area is 136 Å². The molecule has 0 fully saturated rings. The van der Waals surface area contributed by atoms with Crippen LogP contribution in [0.15, 0.2) is 46.3 Å². The molecule has 6 heteroatoms. The summed E-state index contributed by atoms with van der Waals surface area (Å²) in [5, 5.41) is 4.03. The average Bonchev–Trinajstić information content (AvgIpc) is 2.99. The third-order valence-corrected chi connectivity index (χ3v) is 4.22. The molecule has 0 saturated carbocycles. The first kappa shape index (κ1) is 14.7. The van der Waals surface area contributed by atoms with Crippen molar-refractivity contribution in [2.45, 2.75) is 12.8 Å². The van der Waals surface area contributed by atoms with Gasteiger partial charge in [0, 0.05) is 22.4 Å². The molecule has 0 amide bonds. The first-order valence-corrected chi connectivity index (χ1v) is 7.54. The molecule has 0 radical (unpaired) electrons. The predicted octanol–water partition coefficient (Wildman–Crippen LogP) is 3.36. The van der Waals surface area contributed by atoms with Crippen molar-refractivity contribution in [1.82, 2.24) is 4.98 Å². The Hall–Kier alpha value is -2.21. The van der Waals surface area contributed by atoms with Crippen molar-refractivity contribution in [2.24, 2.45) is 5.16 Å². The number of benzene rings is 1. The lowest BCUT2D eigenvalue weighted by molar-refractivity contribution is 0.0515. The fraction of sp³-hybridized carbons (Fsp3) is 0.188. The third kappa shape index (κ3) is 2.74. The summed E-state index contributed by atoms with van der Waals surface area (Å²) in [6.07, 6.45) is 4.57. The molecule has 22 heavy (non-hydrogen) atoms. The van der Waals surface area contributed by atoms with E-state index in [-0.39, 0.29) is 0 Å². The lowest BCUT2D eigenvalue weighted by Gasteiger charge is -2.09. The molecule has 0 unspecified atom stereocenters. The largest absolute Gasteiger partial charge is 0.496 e. The van der Waals surface area contributed by atoms with E-state index in [2.05, 4.69) is 26.1 Å². The molecule has 112 valence electrons. The van der Waals surface area contributed by atoms with Crippen LogP contribution < -0.4 is 4.74 Å². The van der Waals surface area contributed by atoms with Gasteiger partial charge >= 0.3 is 5.97 Å². The van der Waals surface area contributed by atoms with Crippen LogP contribution in [0.3, 0.4) is 0 Å². The van der Waals surface area contributed by atoms with Crippen LogP contribution in [-0.4, -0.2) is 23.8 Å². The van der Waals surface area contributed by atoms with Crippen molar-refractivity contribution in [2.75, 3.05) is 7.11 Å². The summed E-state index contributed by atoms with van der Waals surface area (Å²) in [7, 11) is 1.61. The second kappa shape index (κ2) is 6.27. The molecule has 0 N–H and O–H groups in total. The van der Waals surface area contributed by atoms with Crippen molar-refractivity contribution < 1.29 is 14.4 Å². The number of halogens is 1. The number of methoxy groups -OCH3 is 1. The zero-order chi connectivity index (χ0) is 15.5. The molecule has 2 aromatic rings. The van der Waals surface area contributed by atoms with Gasteiger partial charge in [0.05, 0.1) is 18.4 Å². The molecule has 0 bridgehead atoms. The molecule has 5 nitrogen and oxygen atoms in total. The Balaban J connectivity index is 1.87. The summed E-state index contributed by atoms with van der Waals surface area (Å²) in [4.78, 5) is 20.9. The van der Waals surface area contributed by atoms with Gasteiger partial charge in [-0.3, -0.25) is 4.98 Å². The summed E-state index contributed by atoms with van der Waals surface area (Å²) in [5.41, 5.74) is 3.10. The second-order valence-electron chi connectivity index (χ2n) is 4.76. The van der Waals surface area contributed by atoms with Crippen molar-refractivity contribution in [3.63, 3.8) is 0 Å². The normalized spacial score (nSPS) is 14.7. The highest BCUT2D eigenvalue weighted by Gasteiger charge is 2.25. The molecular weight excluding hydrogens is 348 g/mol. The van der Waals surface area contributed by atoms with E-state index in [9.17, 15) is 4.79 Å². The van der Waals surface area contributed by atoms with Crippen LogP contribution in [0.5, 0.6) is 5.75 Å². The summed E-state index contributed by atoms with van der Waals surface area (Å²) in [6, 6.07) is 7.12. The minimum absolute atomic E-state index is 0.367. The highest BCUT2D eigenvalue weighted by Crippen LogP contribution is 2.36. The highest BCUT2D eigenvalue weighted by molar-refractivity contribution is 9.10. The van der Waals surface area contributed by atoms with E-state index in [1.54, 1.807) is 25.4 Å². The smallest absolute Gasteiger partial charge is 0.367 e. The average molecular weight is 361 g/mol. The molecule has 0 spiro atoms. The highest BCUT2D eigenvalue weighted by atomic mass is 79.9. The van der Waals surface area contributed by atoms with Crippen LogP contribution in [-0.2, 0) is 11.3 Å². The van der Waals surface area contributed by atoms with Gasteiger partial charge in [0.1, 0.15) is 5.75 Å². The molecule has 0 saturated heterocycles. The number of rotatable bonds is 3. The Morgan fingerprint density at radius 1 is 1.32 bits per heavy atom. The minimum atomic E-state index is -0.525. The van der Waals surface area contributed by atoms with E-state index >= 15 is 0 Å². The number of fused-ring (bicyclic) bond motifs is 1. The van der Waals surface area contributed by atoms with Crippen LogP contribution in [0.2, 0.25) is 0 Å². The van der Waals surface area contributed by atoms with Crippen molar-refractivity contribution in [3.8, 4) is 5.75 Å². The van der Waals surface area contributed by atoms with Gasteiger partial charge in [0.2, 0.25) is 0 Å². The van der Waals surface area contributed by atoms with Gasteiger partial charge in [-0.15, -0.1) is 0 Å². The topological polar surface area (TPSA) is 60.8 Å². The first-order chi connectivity index (χ1) is 10.7. The molecule has 0 aliphatic heterocycles. The van der Waals surface area contributed by atoms with Gasteiger partial charge in [-0.2, -0.15) is 0 Å². The molecule has 1 aliphatic carbocycles. The number of pyridine rings is 1. The van der Waals surface area contributed by atoms with Crippen molar-refractivity contribution in [1.29, 1.82) is 0 Å². The fourth-order valence-electron chi connectivity index (χ4n) is 2.42. The maximum atomic E-state index is 11.9. The Kier molecular flexibility index (Phi) is 4.20. The molecule has 1 aromatic carbocycles. The van der Waals surface area contributed by atoms with E-state index in [0.29, 0.717) is 17.7 Å². The lowest BCUT2D eigenvalue weighted by atomic mass is 10.1. The number of hydrogen-bond donors (Lipinski definition) is 0. The molecule has 1 heterocycles. The number of aromatic nitrogens is 1. The lowest BCUT2D eigenvalue weighted by Crippen LogP contribution is -2.05. The number of ether oxygens (including phenoxy) is 1. The van der Waals surface area contributed by atoms with Gasteiger partial charge in [-0.25, -0.2) is 4.79 Å². The number of carbonyl (C=O) groups excluding carboxylic acids is 1. The maximum absolute atomic E-state index is 11.9. The van der Waals surface area contributed by atoms with Crippen LogP contribution in [0.25, 0.3) is 0 Å². The van der Waals surface area contributed by atoms with Crippen molar-refractivity contribution >= 4 is 27.6 Å².